The lowest BCUT2D eigenvalue weighted by Gasteiger charge is -2.35. The zero-order valence-corrected chi connectivity index (χ0v) is 32.9. The fraction of sp³-hybridized carbons (Fsp3) is 0.675. The summed E-state index contributed by atoms with van der Waals surface area (Å²) in [4.78, 5) is 72.4. The normalized spacial score (nSPS) is 29.8. The minimum Gasteiger partial charge on any atom is -0.493 e. The summed E-state index contributed by atoms with van der Waals surface area (Å²) in [5, 5.41) is 2.15. The molecule has 1 aromatic rings. The first-order valence-corrected chi connectivity index (χ1v) is 21.2. The summed E-state index contributed by atoms with van der Waals surface area (Å²) < 4.78 is 45.6. The van der Waals surface area contributed by atoms with E-state index in [1.807, 2.05) is 18.2 Å². The molecule has 2 N–H and O–H groups in total. The van der Waals surface area contributed by atoms with Crippen molar-refractivity contribution in [2.24, 2.45) is 22.2 Å². The van der Waals surface area contributed by atoms with Crippen molar-refractivity contribution >= 4 is 39.8 Å². The number of ether oxygens (including phenoxy) is 3. The Morgan fingerprint density at radius 1 is 1.05 bits per heavy atom. The lowest BCUT2D eigenvalue weighted by molar-refractivity contribution is -0.142. The Balaban J connectivity index is 1.14. The van der Waals surface area contributed by atoms with Crippen molar-refractivity contribution in [2.75, 3.05) is 19.8 Å². The minimum atomic E-state index is -3.88. The van der Waals surface area contributed by atoms with Crippen LogP contribution in [0.4, 0.5) is 9.59 Å². The molecule has 3 aliphatic carbocycles. The van der Waals surface area contributed by atoms with E-state index in [2.05, 4.69) is 16.6 Å². The molecule has 1 aromatic carbocycles. The number of Topliss-reactive ketones (excluding diaryl/α,β-unsaturated/α-hetero) is 1. The molecule has 0 aromatic heterocycles. The number of cyclic esters (lactones) is 1. The van der Waals surface area contributed by atoms with Crippen LogP contribution in [0.25, 0.3) is 0 Å². The molecule has 0 radical (unpaired) electrons. The number of nitrogens with one attached hydrogen (secondary N) is 2. The first kappa shape index (κ1) is 39.1. The molecule has 1 saturated heterocycles. The van der Waals surface area contributed by atoms with Crippen molar-refractivity contribution in [1.82, 2.24) is 19.8 Å². The number of ketones is 1. The van der Waals surface area contributed by atoms with Crippen molar-refractivity contribution in [3.8, 4) is 5.75 Å². The van der Waals surface area contributed by atoms with Gasteiger partial charge in [0.05, 0.1) is 43.0 Å². The molecule has 300 valence electrons. The van der Waals surface area contributed by atoms with Gasteiger partial charge in [0.1, 0.15) is 17.9 Å². The lowest BCUT2D eigenvalue weighted by Crippen LogP contribution is -2.57. The van der Waals surface area contributed by atoms with Gasteiger partial charge in [-0.15, -0.1) is 6.58 Å². The van der Waals surface area contributed by atoms with Gasteiger partial charge in [-0.1, -0.05) is 51.8 Å². The molecule has 4 amide bonds. The summed E-state index contributed by atoms with van der Waals surface area (Å²) in [6, 6.07) is 3.55. The van der Waals surface area contributed by atoms with E-state index in [1.54, 1.807) is 31.7 Å². The van der Waals surface area contributed by atoms with Crippen LogP contribution in [0.1, 0.15) is 103 Å². The molecule has 7 rings (SSSR count). The Labute approximate surface area is 323 Å². The van der Waals surface area contributed by atoms with E-state index in [4.69, 9.17) is 14.2 Å². The predicted molar refractivity (Wildman–Crippen MR) is 200 cm³/mol. The van der Waals surface area contributed by atoms with Gasteiger partial charge in [-0.3, -0.25) is 24.0 Å². The molecule has 14 nitrogen and oxygen atoms in total. The number of hydrogen-bond donors (Lipinski definition) is 2. The highest BCUT2D eigenvalue weighted by Gasteiger charge is 2.61. The van der Waals surface area contributed by atoms with Gasteiger partial charge in [0.15, 0.2) is 5.78 Å². The maximum Gasteiger partial charge on any atom is 0.410 e. The SMILES string of the molecule is C=C[C@H]1C[C@@]1(CC(=O)C1C[C@@H]2CN1C(=O)[C@H](C(C)(C)C)NC(=O)OCC1(CCCCCOc3cccc4c3CN(C4)C(=O)O2)CC1)C(=O)NS(=O)(=O)C1CC1. The third-order valence-electron chi connectivity index (χ3n) is 12.4. The third kappa shape index (κ3) is 8.36. The molecule has 4 fully saturated rings. The minimum absolute atomic E-state index is 0.0356. The quantitative estimate of drug-likeness (QED) is 0.367. The van der Waals surface area contributed by atoms with Crippen LogP contribution in [0.3, 0.4) is 0 Å². The van der Waals surface area contributed by atoms with E-state index >= 15 is 0 Å². The van der Waals surface area contributed by atoms with E-state index in [0.717, 1.165) is 55.4 Å². The summed E-state index contributed by atoms with van der Waals surface area (Å²) in [7, 11) is -3.88. The van der Waals surface area contributed by atoms with Crippen LogP contribution in [0.15, 0.2) is 30.9 Å². The number of rotatable bonds is 7. The average molecular weight is 783 g/mol. The van der Waals surface area contributed by atoms with E-state index in [1.165, 1.54) is 4.90 Å². The summed E-state index contributed by atoms with van der Waals surface area (Å²) in [5.74, 6) is -1.48. The average Bonchev–Trinajstić information content (AvgIpc) is 4.08. The third-order valence-corrected chi connectivity index (χ3v) is 14.2. The van der Waals surface area contributed by atoms with Gasteiger partial charge in [-0.25, -0.2) is 18.0 Å². The summed E-state index contributed by atoms with van der Waals surface area (Å²) in [6.07, 6.45) is 5.74. The Hall–Kier alpha value is -4.14. The van der Waals surface area contributed by atoms with E-state index in [9.17, 15) is 32.4 Å². The number of alkyl carbamates (subject to hydrolysis) is 1. The monoisotopic (exact) mass is 782 g/mol. The highest BCUT2D eigenvalue weighted by Crippen LogP contribution is 2.57. The van der Waals surface area contributed by atoms with Gasteiger partial charge >= 0.3 is 12.2 Å². The molecule has 3 aliphatic heterocycles. The number of amides is 4. The Bertz CT molecular complexity index is 1850. The van der Waals surface area contributed by atoms with E-state index in [-0.39, 0.29) is 44.4 Å². The second-order valence-electron chi connectivity index (χ2n) is 17.7. The Kier molecular flexibility index (Phi) is 10.5. The van der Waals surface area contributed by atoms with Crippen LogP contribution in [0.5, 0.6) is 5.75 Å². The van der Waals surface area contributed by atoms with Crippen LogP contribution >= 0.6 is 0 Å². The molecule has 4 bridgehead atoms. The van der Waals surface area contributed by atoms with Crippen LogP contribution in [-0.4, -0.2) is 91.2 Å². The first-order valence-electron chi connectivity index (χ1n) is 19.7. The lowest BCUT2D eigenvalue weighted by atomic mass is 9.85. The smallest absolute Gasteiger partial charge is 0.410 e. The molecule has 1 spiro atoms. The standard InChI is InChI=1S/C40H54N4O10S/c1-5-26-19-40(26,35(47)42-55(50,51)28-12-13-28)20-31(45)30-18-27-22-44(30)34(46)33(38(2,3)4)41-36(48)53-24-39(15-16-39)14-7-6-8-17-52-32-11-9-10-25-21-43(23-29(25)32)37(49)54-27/h5,9-11,26-28,30,33H,1,6-8,12-24H2,2-4H3,(H,41,48)(H,42,47)/t26-,27+,30?,33+,40-/m0/s1. The maximum atomic E-state index is 14.6. The van der Waals surface area contributed by atoms with Crippen LogP contribution in [0.2, 0.25) is 0 Å². The summed E-state index contributed by atoms with van der Waals surface area (Å²) in [6.45, 7) is 10.5. The molecular formula is C40H54N4O10S. The van der Waals surface area contributed by atoms with Crippen molar-refractivity contribution in [3.63, 3.8) is 0 Å². The van der Waals surface area contributed by atoms with Gasteiger partial charge in [0.25, 0.3) is 0 Å². The van der Waals surface area contributed by atoms with Crippen molar-refractivity contribution in [2.45, 2.75) is 128 Å². The molecule has 55 heavy (non-hydrogen) atoms. The van der Waals surface area contributed by atoms with E-state index < -0.39 is 80.0 Å². The molecule has 5 atom stereocenters. The number of sulfonamides is 1. The second-order valence-corrected chi connectivity index (χ2v) is 19.7. The van der Waals surface area contributed by atoms with Gasteiger partial charge in [0, 0.05) is 30.4 Å². The molecular weight excluding hydrogens is 729 g/mol. The highest BCUT2D eigenvalue weighted by atomic mass is 32.2. The number of nitrogens with zero attached hydrogens (tertiary/aromatic N) is 2. The van der Waals surface area contributed by atoms with Crippen LogP contribution < -0.4 is 14.8 Å². The van der Waals surface area contributed by atoms with Crippen molar-refractivity contribution in [3.05, 3.63) is 42.0 Å². The predicted octanol–water partition coefficient (Wildman–Crippen LogP) is 4.74. The number of carbonyl (C=O) groups is 5. The topological polar surface area (TPSA) is 178 Å². The molecule has 6 aliphatic rings. The molecule has 3 saturated carbocycles. The van der Waals surface area contributed by atoms with Gasteiger partial charge in [0.2, 0.25) is 21.8 Å². The van der Waals surface area contributed by atoms with Gasteiger partial charge < -0.3 is 24.4 Å². The first-order chi connectivity index (χ1) is 26.0. The molecule has 15 heteroatoms. The van der Waals surface area contributed by atoms with Crippen LogP contribution in [-0.2, 0) is 47.0 Å². The zero-order chi connectivity index (χ0) is 39.3. The van der Waals surface area contributed by atoms with Crippen LogP contribution in [0, 0.1) is 22.2 Å². The Morgan fingerprint density at radius 2 is 1.82 bits per heavy atom. The summed E-state index contributed by atoms with van der Waals surface area (Å²) >= 11 is 0. The van der Waals surface area contributed by atoms with Gasteiger partial charge in [-0.05, 0) is 67.9 Å². The second kappa shape index (κ2) is 14.7. The number of carbonyl (C=O) groups excluding carboxylic acids is 5. The number of hydrogen-bond acceptors (Lipinski definition) is 10. The van der Waals surface area contributed by atoms with Crippen molar-refractivity contribution < 1.29 is 46.6 Å². The fourth-order valence-corrected chi connectivity index (χ4v) is 9.79. The number of fused-ring (bicyclic) bond motifs is 3. The number of benzene rings is 1. The molecule has 3 heterocycles. The number of allylic oxidation sites excluding steroid dienone is 1. The zero-order valence-electron chi connectivity index (χ0n) is 32.1. The van der Waals surface area contributed by atoms with Crippen molar-refractivity contribution in [1.29, 1.82) is 0 Å². The molecule has 1 unspecified atom stereocenters. The largest absolute Gasteiger partial charge is 0.493 e. The summed E-state index contributed by atoms with van der Waals surface area (Å²) in [5.41, 5.74) is -0.346. The van der Waals surface area contributed by atoms with E-state index in [0.29, 0.717) is 26.0 Å². The van der Waals surface area contributed by atoms with Gasteiger partial charge in [-0.2, -0.15) is 0 Å². The highest BCUT2D eigenvalue weighted by molar-refractivity contribution is 7.90. The fourth-order valence-electron chi connectivity index (χ4n) is 8.41. The maximum absolute atomic E-state index is 14.6. The Morgan fingerprint density at radius 3 is 2.49 bits per heavy atom.